The Bertz CT molecular complexity index is 466. The van der Waals surface area contributed by atoms with Crippen molar-refractivity contribution in [3.8, 4) is 0 Å². The first-order valence-electron chi connectivity index (χ1n) is 8.47. The zero-order chi connectivity index (χ0) is 18.4. The van der Waals surface area contributed by atoms with Crippen LogP contribution in [0.25, 0.3) is 0 Å². The molecule has 1 aliphatic carbocycles. The minimum atomic E-state index is -1.38. The highest BCUT2D eigenvalue weighted by molar-refractivity contribution is 5.73. The second-order valence-electron chi connectivity index (χ2n) is 7.35. The second-order valence-corrected chi connectivity index (χ2v) is 7.35. The Hall–Kier alpha value is -1.79. The van der Waals surface area contributed by atoms with Crippen LogP contribution in [0.4, 0.5) is 4.79 Å². The molecule has 138 valence electrons. The van der Waals surface area contributed by atoms with Crippen LogP contribution in [-0.4, -0.2) is 35.5 Å². The molecule has 0 unspecified atom stereocenters. The van der Waals surface area contributed by atoms with Crippen molar-refractivity contribution < 1.29 is 29.0 Å². The van der Waals surface area contributed by atoms with Crippen LogP contribution in [0.1, 0.15) is 66.2 Å². The SMILES string of the molecule is CC(C)C(=O)OC(C)(C)OC(=O)NCC1(CC(=O)O)CCCCC1. The number of alkyl carbamates (subject to hydrolysis) is 1. The molecule has 1 aliphatic rings. The molecular formula is C17H29NO6. The van der Waals surface area contributed by atoms with Crippen molar-refractivity contribution >= 4 is 18.0 Å². The third-order valence-electron chi connectivity index (χ3n) is 4.20. The van der Waals surface area contributed by atoms with E-state index in [1.54, 1.807) is 13.8 Å². The molecule has 1 saturated carbocycles. The minimum absolute atomic E-state index is 0.0268. The number of ether oxygens (including phenoxy) is 2. The molecule has 7 heteroatoms. The van der Waals surface area contributed by atoms with Crippen molar-refractivity contribution in [2.75, 3.05) is 6.54 Å². The molecule has 0 saturated heterocycles. The molecule has 0 aromatic rings. The molecule has 0 aromatic carbocycles. The first kappa shape index (κ1) is 20.3. The Morgan fingerprint density at radius 1 is 1.12 bits per heavy atom. The normalized spacial score (nSPS) is 17.2. The van der Waals surface area contributed by atoms with Crippen LogP contribution in [0.15, 0.2) is 0 Å². The molecule has 7 nitrogen and oxygen atoms in total. The maximum atomic E-state index is 12.0. The molecule has 0 aromatic heterocycles. The summed E-state index contributed by atoms with van der Waals surface area (Å²) in [6.45, 7) is 6.60. The van der Waals surface area contributed by atoms with Gasteiger partial charge in [0, 0.05) is 20.4 Å². The number of amides is 1. The van der Waals surface area contributed by atoms with Gasteiger partial charge in [-0.1, -0.05) is 33.1 Å². The molecular weight excluding hydrogens is 314 g/mol. The van der Waals surface area contributed by atoms with Crippen molar-refractivity contribution in [2.45, 2.75) is 72.0 Å². The Morgan fingerprint density at radius 3 is 2.21 bits per heavy atom. The van der Waals surface area contributed by atoms with Crippen molar-refractivity contribution in [3.05, 3.63) is 0 Å². The molecule has 0 spiro atoms. The summed E-state index contributed by atoms with van der Waals surface area (Å²) >= 11 is 0. The lowest BCUT2D eigenvalue weighted by molar-refractivity contribution is -0.198. The quantitative estimate of drug-likeness (QED) is 0.544. The van der Waals surface area contributed by atoms with Crippen LogP contribution in [0.3, 0.4) is 0 Å². The summed E-state index contributed by atoms with van der Waals surface area (Å²) in [4.78, 5) is 34.8. The zero-order valence-electron chi connectivity index (χ0n) is 15.0. The lowest BCUT2D eigenvalue weighted by Gasteiger charge is -2.36. The molecule has 1 rings (SSSR count). The van der Waals surface area contributed by atoms with Crippen LogP contribution < -0.4 is 5.32 Å². The number of carbonyl (C=O) groups is 3. The smallest absolute Gasteiger partial charge is 0.410 e. The van der Waals surface area contributed by atoms with Crippen molar-refractivity contribution in [1.82, 2.24) is 5.32 Å². The third-order valence-corrected chi connectivity index (χ3v) is 4.20. The number of carbonyl (C=O) groups excluding carboxylic acids is 2. The largest absolute Gasteiger partial charge is 0.481 e. The van der Waals surface area contributed by atoms with Gasteiger partial charge in [-0.2, -0.15) is 0 Å². The first-order valence-corrected chi connectivity index (χ1v) is 8.47. The molecule has 24 heavy (non-hydrogen) atoms. The van der Waals surface area contributed by atoms with Crippen LogP contribution in [-0.2, 0) is 19.1 Å². The van der Waals surface area contributed by atoms with E-state index < -0.39 is 29.2 Å². The van der Waals surface area contributed by atoms with E-state index in [0.717, 1.165) is 32.1 Å². The molecule has 2 N–H and O–H groups in total. The molecule has 0 radical (unpaired) electrons. The van der Waals surface area contributed by atoms with Gasteiger partial charge in [0.1, 0.15) is 0 Å². The lowest BCUT2D eigenvalue weighted by Crippen LogP contribution is -2.44. The predicted molar refractivity (Wildman–Crippen MR) is 87.3 cm³/mol. The maximum absolute atomic E-state index is 12.0. The van der Waals surface area contributed by atoms with Crippen molar-refractivity contribution in [2.24, 2.45) is 11.3 Å². The second kappa shape index (κ2) is 8.35. The van der Waals surface area contributed by atoms with E-state index >= 15 is 0 Å². The van der Waals surface area contributed by atoms with E-state index in [1.165, 1.54) is 13.8 Å². The molecule has 1 fully saturated rings. The number of carboxylic acids is 1. The van der Waals surface area contributed by atoms with E-state index in [1.807, 2.05) is 0 Å². The summed E-state index contributed by atoms with van der Waals surface area (Å²) in [5, 5.41) is 11.8. The average molecular weight is 343 g/mol. The van der Waals surface area contributed by atoms with Gasteiger partial charge in [0.15, 0.2) is 0 Å². The van der Waals surface area contributed by atoms with Gasteiger partial charge in [0.05, 0.1) is 12.3 Å². The fourth-order valence-electron chi connectivity index (χ4n) is 2.94. The van der Waals surface area contributed by atoms with E-state index in [2.05, 4.69) is 5.32 Å². The van der Waals surface area contributed by atoms with Crippen LogP contribution in [0.2, 0.25) is 0 Å². The third kappa shape index (κ3) is 6.76. The van der Waals surface area contributed by atoms with E-state index in [4.69, 9.17) is 14.6 Å². The number of rotatable bonds is 7. The van der Waals surface area contributed by atoms with Crippen molar-refractivity contribution in [1.29, 1.82) is 0 Å². The molecule has 0 aliphatic heterocycles. The highest BCUT2D eigenvalue weighted by atomic mass is 16.7. The number of carboxylic acid groups (broad SMARTS) is 1. The summed E-state index contributed by atoms with van der Waals surface area (Å²) in [6.07, 6.45) is 3.86. The zero-order valence-corrected chi connectivity index (χ0v) is 15.0. The minimum Gasteiger partial charge on any atom is -0.481 e. The number of esters is 1. The average Bonchev–Trinajstić information content (AvgIpc) is 2.44. The summed E-state index contributed by atoms with van der Waals surface area (Å²) < 4.78 is 10.3. The summed E-state index contributed by atoms with van der Waals surface area (Å²) in [5.41, 5.74) is -0.429. The number of hydrogen-bond donors (Lipinski definition) is 2. The van der Waals surface area contributed by atoms with Gasteiger partial charge in [-0.3, -0.25) is 9.59 Å². The van der Waals surface area contributed by atoms with E-state index in [9.17, 15) is 14.4 Å². The Balaban J connectivity index is 2.56. The van der Waals surface area contributed by atoms with Gasteiger partial charge < -0.3 is 19.9 Å². The molecule has 0 heterocycles. The highest BCUT2D eigenvalue weighted by Gasteiger charge is 2.36. The summed E-state index contributed by atoms with van der Waals surface area (Å²) in [6, 6.07) is 0. The monoisotopic (exact) mass is 343 g/mol. The van der Waals surface area contributed by atoms with Crippen LogP contribution in [0.5, 0.6) is 0 Å². The standard InChI is InChI=1S/C17H29NO6/c1-12(2)14(21)23-16(3,4)24-15(22)18-11-17(10-13(19)20)8-6-5-7-9-17/h12H,5-11H2,1-4H3,(H,18,22)(H,19,20). The lowest BCUT2D eigenvalue weighted by atomic mass is 9.72. The summed E-state index contributed by atoms with van der Waals surface area (Å²) in [7, 11) is 0. The van der Waals surface area contributed by atoms with Gasteiger partial charge in [-0.05, 0) is 18.3 Å². The van der Waals surface area contributed by atoms with Crippen LogP contribution in [0, 0.1) is 11.3 Å². The van der Waals surface area contributed by atoms with Crippen LogP contribution >= 0.6 is 0 Å². The topological polar surface area (TPSA) is 102 Å². The fraction of sp³-hybridized carbons (Fsp3) is 0.824. The Kier molecular flexibility index (Phi) is 7.05. The first-order chi connectivity index (χ1) is 11.1. The van der Waals surface area contributed by atoms with Gasteiger partial charge in [-0.15, -0.1) is 0 Å². The highest BCUT2D eigenvalue weighted by Crippen LogP contribution is 2.38. The molecule has 0 bridgehead atoms. The van der Waals surface area contributed by atoms with E-state index in [-0.39, 0.29) is 18.9 Å². The molecule has 1 amide bonds. The predicted octanol–water partition coefficient (Wildman–Crippen LogP) is 3.07. The van der Waals surface area contributed by atoms with Gasteiger partial charge in [-0.25, -0.2) is 4.79 Å². The number of nitrogens with one attached hydrogen (secondary N) is 1. The number of hydrogen-bond acceptors (Lipinski definition) is 5. The number of aliphatic carboxylic acids is 1. The fourth-order valence-corrected chi connectivity index (χ4v) is 2.94. The maximum Gasteiger partial charge on any atom is 0.410 e. The van der Waals surface area contributed by atoms with Crippen molar-refractivity contribution in [3.63, 3.8) is 0 Å². The van der Waals surface area contributed by atoms with Gasteiger partial charge >= 0.3 is 18.0 Å². The van der Waals surface area contributed by atoms with E-state index in [0.29, 0.717) is 0 Å². The molecule has 0 atom stereocenters. The van der Waals surface area contributed by atoms with Gasteiger partial charge in [0.25, 0.3) is 5.79 Å². The summed E-state index contributed by atoms with van der Waals surface area (Å²) in [5.74, 6) is -3.02. The Labute approximate surface area is 143 Å². The Morgan fingerprint density at radius 2 is 1.71 bits per heavy atom. The van der Waals surface area contributed by atoms with Gasteiger partial charge in [0.2, 0.25) is 0 Å².